The highest BCUT2D eigenvalue weighted by Crippen LogP contribution is 2.12. The summed E-state index contributed by atoms with van der Waals surface area (Å²) in [6, 6.07) is 5.66. The Morgan fingerprint density at radius 2 is 2.00 bits per heavy atom. The molecule has 0 atom stereocenters. The molecule has 0 aliphatic heterocycles. The van der Waals surface area contributed by atoms with Crippen LogP contribution >= 0.6 is 0 Å². The van der Waals surface area contributed by atoms with Gasteiger partial charge in [0.2, 0.25) is 0 Å². The molecule has 1 rings (SSSR count). The van der Waals surface area contributed by atoms with Crippen LogP contribution in [-0.4, -0.2) is 11.1 Å². The SMILES string of the molecule is [N-]=[N+]=N[13c]1[13cH]c[13c]([13C](=O)O)[13cH][13cH]1. The Morgan fingerprint density at radius 1 is 1.42 bits per heavy atom. The first-order valence-electron chi connectivity index (χ1n) is 3.12. The van der Waals surface area contributed by atoms with Crippen LogP contribution in [0, 0.1) is 0 Å². The van der Waals surface area contributed by atoms with E-state index in [0.29, 0.717) is 5.69 Å². The molecule has 0 radical (unpaired) electrons. The molecule has 0 saturated carbocycles. The van der Waals surface area contributed by atoms with Crippen LogP contribution in [0.2, 0.25) is 0 Å². The van der Waals surface area contributed by atoms with Gasteiger partial charge in [-0.05, 0) is 17.7 Å². The van der Waals surface area contributed by atoms with Gasteiger partial charge in [0, 0.05) is 10.6 Å². The minimum atomic E-state index is -0.998. The first-order valence-corrected chi connectivity index (χ1v) is 3.12. The quantitative estimate of drug-likeness (QED) is 0.318. The first-order chi connectivity index (χ1) is 5.74. The molecule has 0 unspecified atom stereocenters. The van der Waals surface area contributed by atoms with Crippen molar-refractivity contribution in [2.45, 2.75) is 0 Å². The number of benzene rings is 1. The standard InChI is InChI=1S/C7H5N3O2/c8-10-9-6-3-1-5(2-4-6)7(11)12/h1-4H,(H,11,12)/i1+1,3+1,4+1,5+1,6+1,7+1. The number of aromatic carboxylic acids is 1. The predicted octanol–water partition coefficient (Wildman–Crippen LogP) is 2.33. The van der Waals surface area contributed by atoms with Gasteiger partial charge in [-0.15, -0.1) is 0 Å². The van der Waals surface area contributed by atoms with E-state index in [9.17, 15) is 4.79 Å². The normalized spacial score (nSPS) is 8.67. The fourth-order valence-corrected chi connectivity index (χ4v) is 0.722. The predicted molar refractivity (Wildman–Crippen MR) is 42.2 cm³/mol. The Morgan fingerprint density at radius 3 is 2.42 bits per heavy atom. The summed E-state index contributed by atoms with van der Waals surface area (Å²) in [5, 5.41) is 11.8. The smallest absolute Gasteiger partial charge is 0.335 e. The summed E-state index contributed by atoms with van der Waals surface area (Å²) in [6.07, 6.45) is 0. The highest BCUT2D eigenvalue weighted by molar-refractivity contribution is 5.87. The third kappa shape index (κ3) is 1.74. The third-order valence-corrected chi connectivity index (χ3v) is 1.27. The summed E-state index contributed by atoms with van der Waals surface area (Å²) in [5.74, 6) is -0.998. The van der Waals surface area contributed by atoms with Crippen molar-refractivity contribution in [3.8, 4) is 0 Å². The molecule has 0 amide bonds. The number of carboxylic acid groups (broad SMARTS) is 1. The number of nitrogens with zero attached hydrogens (tertiary/aromatic N) is 3. The number of azide groups is 1. The third-order valence-electron chi connectivity index (χ3n) is 1.27. The second-order valence-corrected chi connectivity index (χ2v) is 2.04. The molecule has 0 aliphatic rings. The Labute approximate surface area is 67.9 Å². The zero-order chi connectivity index (χ0) is 8.97. The molecule has 0 aromatic heterocycles. The van der Waals surface area contributed by atoms with Crippen LogP contribution in [0.25, 0.3) is 10.4 Å². The van der Waals surface area contributed by atoms with Crippen LogP contribution < -0.4 is 0 Å². The first kappa shape index (κ1) is 8.10. The molecule has 0 saturated heterocycles. The van der Waals surface area contributed by atoms with Crippen molar-refractivity contribution in [1.29, 1.82) is 0 Å². The molecule has 5 heteroatoms. The van der Waals surface area contributed by atoms with Crippen LogP contribution in [0.3, 0.4) is 0 Å². The van der Waals surface area contributed by atoms with Gasteiger partial charge in [0.25, 0.3) is 0 Å². The molecular weight excluding hydrogens is 164 g/mol. The van der Waals surface area contributed by atoms with Gasteiger partial charge in [-0.3, -0.25) is 0 Å². The summed E-state index contributed by atoms with van der Waals surface area (Å²) in [6.45, 7) is 0. The van der Waals surface area contributed by atoms with Crippen LogP contribution in [0.4, 0.5) is 5.69 Å². The molecule has 60 valence electrons. The molecule has 0 aliphatic carbocycles. The Balaban J connectivity index is 3.00. The lowest BCUT2D eigenvalue weighted by atomic mass is 10.9. The van der Waals surface area contributed by atoms with E-state index in [0.717, 1.165) is 0 Å². The van der Waals surface area contributed by atoms with Crippen molar-refractivity contribution >= 4 is 11.7 Å². The van der Waals surface area contributed by atoms with Crippen molar-refractivity contribution in [3.05, 3.63) is 40.3 Å². The van der Waals surface area contributed by atoms with E-state index in [4.69, 9.17) is 10.6 Å². The molecule has 0 fully saturated rings. The molecular formula is C7H5N3O2. The fraction of sp³-hybridized carbons (Fsp3) is 0. The van der Waals surface area contributed by atoms with Gasteiger partial charge in [0.05, 0.1) is 5.56 Å². The number of hydrogen-bond acceptors (Lipinski definition) is 2. The van der Waals surface area contributed by atoms with Gasteiger partial charge in [-0.1, -0.05) is 17.2 Å². The van der Waals surface area contributed by atoms with Gasteiger partial charge >= 0.3 is 5.97 Å². The summed E-state index contributed by atoms with van der Waals surface area (Å²) in [7, 11) is 0. The van der Waals surface area contributed by atoms with E-state index >= 15 is 0 Å². The maximum absolute atomic E-state index is 10.4. The summed E-state index contributed by atoms with van der Waals surface area (Å²) < 4.78 is 0. The number of carbonyl (C=O) groups is 1. The van der Waals surface area contributed by atoms with Crippen molar-refractivity contribution < 1.29 is 9.90 Å². The van der Waals surface area contributed by atoms with E-state index in [1.54, 1.807) is 0 Å². The lowest BCUT2D eigenvalue weighted by Crippen LogP contribution is -1.93. The average molecular weight is 169 g/mol. The largest absolute Gasteiger partial charge is 0.478 e. The highest BCUT2D eigenvalue weighted by Gasteiger charge is 1.99. The molecule has 0 heterocycles. The van der Waals surface area contributed by atoms with Gasteiger partial charge in [-0.25, -0.2) is 4.79 Å². The zero-order valence-electron chi connectivity index (χ0n) is 6.01. The number of hydrogen-bond donors (Lipinski definition) is 1. The van der Waals surface area contributed by atoms with Crippen LogP contribution in [0.15, 0.2) is 29.4 Å². The Hall–Kier alpha value is -2.00. The lowest BCUT2D eigenvalue weighted by molar-refractivity contribution is 0.0697. The van der Waals surface area contributed by atoms with Crippen molar-refractivity contribution in [1.82, 2.24) is 0 Å². The molecule has 12 heavy (non-hydrogen) atoms. The van der Waals surface area contributed by atoms with Gasteiger partial charge in [-0.2, -0.15) is 0 Å². The van der Waals surface area contributed by atoms with E-state index in [1.807, 2.05) is 0 Å². The maximum Gasteiger partial charge on any atom is 0.335 e. The van der Waals surface area contributed by atoms with Crippen LogP contribution in [-0.2, 0) is 0 Å². The van der Waals surface area contributed by atoms with Gasteiger partial charge in [0.15, 0.2) is 0 Å². The van der Waals surface area contributed by atoms with Crippen molar-refractivity contribution in [3.63, 3.8) is 0 Å². The Bertz CT molecular complexity index is 317. The minimum absolute atomic E-state index is 0.173. The second kappa shape index (κ2) is 3.41. The monoisotopic (exact) mass is 169 g/mol. The molecule has 1 aromatic rings. The topological polar surface area (TPSA) is 86.1 Å². The van der Waals surface area contributed by atoms with E-state index in [2.05, 4.69) is 10.0 Å². The summed E-state index contributed by atoms with van der Waals surface area (Å²) in [5.41, 5.74) is 8.62. The van der Waals surface area contributed by atoms with Crippen LogP contribution in [0.1, 0.15) is 10.4 Å². The average Bonchev–Trinajstić information content (AvgIpc) is 2.06. The second-order valence-electron chi connectivity index (χ2n) is 2.04. The van der Waals surface area contributed by atoms with Crippen molar-refractivity contribution in [2.24, 2.45) is 5.11 Å². The van der Waals surface area contributed by atoms with Gasteiger partial charge < -0.3 is 5.11 Å². The van der Waals surface area contributed by atoms with Gasteiger partial charge in [0.1, 0.15) is 0 Å². The van der Waals surface area contributed by atoms with Crippen LogP contribution in [0.5, 0.6) is 0 Å². The number of carboxylic acids is 1. The molecule has 5 nitrogen and oxygen atoms in total. The van der Waals surface area contributed by atoms with E-state index < -0.39 is 5.97 Å². The molecule has 0 bridgehead atoms. The molecule has 1 aromatic carbocycles. The fourth-order valence-electron chi connectivity index (χ4n) is 0.722. The Kier molecular flexibility index (Phi) is 2.30. The summed E-state index contributed by atoms with van der Waals surface area (Å²) >= 11 is 0. The minimum Gasteiger partial charge on any atom is -0.478 e. The number of rotatable bonds is 2. The highest BCUT2D eigenvalue weighted by atomic mass is 16.5. The van der Waals surface area contributed by atoms with E-state index in [1.165, 1.54) is 24.3 Å². The van der Waals surface area contributed by atoms with E-state index in [-0.39, 0.29) is 5.56 Å². The summed E-state index contributed by atoms with van der Waals surface area (Å²) in [4.78, 5) is 12.9. The molecule has 1 N–H and O–H groups in total. The van der Waals surface area contributed by atoms with Crippen molar-refractivity contribution in [2.75, 3.05) is 0 Å². The zero-order valence-corrected chi connectivity index (χ0v) is 6.01. The molecule has 0 spiro atoms. The maximum atomic E-state index is 10.4. The lowest BCUT2D eigenvalue weighted by Gasteiger charge is -1.92.